The van der Waals surface area contributed by atoms with Crippen LogP contribution in [0.3, 0.4) is 0 Å². The fourth-order valence-corrected chi connectivity index (χ4v) is 3.20. The predicted octanol–water partition coefficient (Wildman–Crippen LogP) is 1.57. The van der Waals surface area contributed by atoms with Crippen molar-refractivity contribution in [2.45, 2.75) is 0 Å². The van der Waals surface area contributed by atoms with Crippen molar-refractivity contribution in [3.8, 4) is 5.75 Å². The minimum absolute atomic E-state index is 0.434. The third kappa shape index (κ3) is 5.23. The van der Waals surface area contributed by atoms with E-state index in [-0.39, 0.29) is 0 Å². The minimum atomic E-state index is -0.696. The Morgan fingerprint density at radius 3 is 2.32 bits per heavy atom. The van der Waals surface area contributed by atoms with Gasteiger partial charge in [0, 0.05) is 45.0 Å². The van der Waals surface area contributed by atoms with Gasteiger partial charge in [-0.15, -0.1) is 0 Å². The summed E-state index contributed by atoms with van der Waals surface area (Å²) in [5.74, 6) is -0.827. The summed E-state index contributed by atoms with van der Waals surface area (Å²) in [5, 5.41) is 5.26. The number of carbonyl (C=O) groups excluding carboxylic acids is 2. The van der Waals surface area contributed by atoms with Gasteiger partial charge in [-0.1, -0.05) is 30.3 Å². The zero-order chi connectivity index (χ0) is 19.8. The van der Waals surface area contributed by atoms with E-state index >= 15 is 0 Å². The smallest absolute Gasteiger partial charge is 0.313 e. The first-order chi connectivity index (χ1) is 13.7. The van der Waals surface area contributed by atoms with Gasteiger partial charge >= 0.3 is 11.8 Å². The van der Waals surface area contributed by atoms with Crippen LogP contribution in [0.1, 0.15) is 0 Å². The lowest BCUT2D eigenvalue weighted by Gasteiger charge is -2.36. The Hall–Kier alpha value is -3.06. The van der Waals surface area contributed by atoms with Crippen LogP contribution in [-0.2, 0) is 9.59 Å². The summed E-state index contributed by atoms with van der Waals surface area (Å²) in [6, 6.07) is 17.3. The zero-order valence-corrected chi connectivity index (χ0v) is 16.1. The molecule has 0 unspecified atom stereocenters. The molecule has 0 spiro atoms. The number of carbonyl (C=O) groups is 2. The molecule has 1 heterocycles. The summed E-state index contributed by atoms with van der Waals surface area (Å²) < 4.78 is 5.17. The van der Waals surface area contributed by atoms with Crippen molar-refractivity contribution in [1.82, 2.24) is 10.2 Å². The fourth-order valence-electron chi connectivity index (χ4n) is 3.20. The molecule has 0 radical (unpaired) electrons. The maximum atomic E-state index is 12.1. The van der Waals surface area contributed by atoms with E-state index in [4.69, 9.17) is 4.74 Å². The van der Waals surface area contributed by atoms with Gasteiger partial charge in [0.05, 0.1) is 12.8 Å². The number of nitrogens with zero attached hydrogens (tertiary/aromatic N) is 2. The summed E-state index contributed by atoms with van der Waals surface area (Å²) in [4.78, 5) is 28.7. The zero-order valence-electron chi connectivity index (χ0n) is 16.1. The first-order valence-electron chi connectivity index (χ1n) is 9.42. The van der Waals surface area contributed by atoms with Crippen molar-refractivity contribution < 1.29 is 14.3 Å². The van der Waals surface area contributed by atoms with Crippen LogP contribution in [0, 0.1) is 0 Å². The lowest BCUT2D eigenvalue weighted by Crippen LogP contribution is -2.49. The van der Waals surface area contributed by atoms with Gasteiger partial charge < -0.3 is 20.3 Å². The molecular formula is C21H26N4O3. The molecule has 1 fully saturated rings. The average Bonchev–Trinajstić information content (AvgIpc) is 2.75. The van der Waals surface area contributed by atoms with Crippen molar-refractivity contribution in [3.05, 3.63) is 54.6 Å². The molecule has 2 aromatic carbocycles. The number of hydrogen-bond donors (Lipinski definition) is 2. The molecule has 0 saturated carbocycles. The van der Waals surface area contributed by atoms with Gasteiger partial charge in [0.25, 0.3) is 0 Å². The second-order valence-corrected chi connectivity index (χ2v) is 6.57. The highest BCUT2D eigenvalue weighted by molar-refractivity contribution is 6.39. The fraction of sp³-hybridized carbons (Fsp3) is 0.333. The molecular weight excluding hydrogens is 356 g/mol. The molecule has 1 saturated heterocycles. The quantitative estimate of drug-likeness (QED) is 0.742. The lowest BCUT2D eigenvalue weighted by atomic mass is 10.2. The third-order valence-corrected chi connectivity index (χ3v) is 4.77. The average molecular weight is 382 g/mol. The molecule has 0 bridgehead atoms. The van der Waals surface area contributed by atoms with Crippen molar-refractivity contribution in [3.63, 3.8) is 0 Å². The topological polar surface area (TPSA) is 73.9 Å². The molecule has 28 heavy (non-hydrogen) atoms. The minimum Gasteiger partial charge on any atom is -0.495 e. The number of piperazine rings is 1. The second-order valence-electron chi connectivity index (χ2n) is 6.57. The van der Waals surface area contributed by atoms with Crippen molar-refractivity contribution in [2.75, 3.05) is 56.6 Å². The summed E-state index contributed by atoms with van der Waals surface area (Å²) in [5.41, 5.74) is 1.71. The number of hydrogen-bond acceptors (Lipinski definition) is 5. The van der Waals surface area contributed by atoms with Crippen LogP contribution in [-0.4, -0.2) is 63.1 Å². The van der Waals surface area contributed by atoms with E-state index in [0.717, 1.165) is 32.7 Å². The van der Waals surface area contributed by atoms with Crippen molar-refractivity contribution in [2.24, 2.45) is 0 Å². The summed E-state index contributed by atoms with van der Waals surface area (Å²) in [6.07, 6.45) is 0. The van der Waals surface area contributed by atoms with Crippen molar-refractivity contribution in [1.29, 1.82) is 0 Å². The van der Waals surface area contributed by atoms with Gasteiger partial charge in [0.1, 0.15) is 5.75 Å². The molecule has 2 N–H and O–H groups in total. The molecule has 7 nitrogen and oxygen atoms in total. The number of rotatable bonds is 6. The Kier molecular flexibility index (Phi) is 6.86. The van der Waals surface area contributed by atoms with Crippen LogP contribution in [0.4, 0.5) is 11.4 Å². The normalized spacial score (nSPS) is 14.4. The van der Waals surface area contributed by atoms with E-state index in [1.165, 1.54) is 12.8 Å². The van der Waals surface area contributed by atoms with Crippen molar-refractivity contribution >= 4 is 23.2 Å². The van der Waals surface area contributed by atoms with Gasteiger partial charge in [-0.2, -0.15) is 0 Å². The Balaban J connectivity index is 1.38. The SMILES string of the molecule is COc1ccccc1NC(=O)C(=O)NCCN1CCN(c2ccccc2)CC1. The molecule has 1 aliphatic heterocycles. The van der Waals surface area contributed by atoms with Crippen LogP contribution in [0.25, 0.3) is 0 Å². The molecule has 0 aliphatic carbocycles. The number of anilines is 2. The molecule has 0 atom stereocenters. The van der Waals surface area contributed by atoms with Crippen LogP contribution in [0.15, 0.2) is 54.6 Å². The molecule has 148 valence electrons. The number of methoxy groups -OCH3 is 1. The summed E-state index contributed by atoms with van der Waals surface area (Å²) >= 11 is 0. The summed E-state index contributed by atoms with van der Waals surface area (Å²) in [7, 11) is 1.52. The Morgan fingerprint density at radius 1 is 0.929 bits per heavy atom. The van der Waals surface area contributed by atoms with Gasteiger partial charge in [-0.3, -0.25) is 14.5 Å². The number of amides is 2. The third-order valence-electron chi connectivity index (χ3n) is 4.77. The standard InChI is InChI=1S/C21H26N4O3/c1-28-19-10-6-5-9-18(19)23-21(27)20(26)22-11-12-24-13-15-25(16-14-24)17-7-3-2-4-8-17/h2-10H,11-16H2,1H3,(H,22,26)(H,23,27). The number of nitrogens with one attached hydrogen (secondary N) is 2. The second kappa shape index (κ2) is 9.75. The predicted molar refractivity (Wildman–Crippen MR) is 110 cm³/mol. The maximum absolute atomic E-state index is 12.1. The molecule has 2 aromatic rings. The van der Waals surface area contributed by atoms with E-state index in [2.05, 4.69) is 32.6 Å². The number of ether oxygens (including phenoxy) is 1. The van der Waals surface area contributed by atoms with E-state index in [0.29, 0.717) is 18.0 Å². The Morgan fingerprint density at radius 2 is 1.61 bits per heavy atom. The van der Waals surface area contributed by atoms with Crippen LogP contribution in [0.5, 0.6) is 5.75 Å². The van der Waals surface area contributed by atoms with Crippen LogP contribution < -0.4 is 20.3 Å². The first kappa shape index (κ1) is 19.7. The first-order valence-corrected chi connectivity index (χ1v) is 9.42. The highest BCUT2D eigenvalue weighted by Gasteiger charge is 2.18. The number of para-hydroxylation sites is 3. The lowest BCUT2D eigenvalue weighted by molar-refractivity contribution is -0.136. The van der Waals surface area contributed by atoms with Gasteiger partial charge in [0.15, 0.2) is 0 Å². The van der Waals surface area contributed by atoms with E-state index in [9.17, 15) is 9.59 Å². The van der Waals surface area contributed by atoms with Crippen LogP contribution >= 0.6 is 0 Å². The van der Waals surface area contributed by atoms with Gasteiger partial charge in [-0.05, 0) is 24.3 Å². The molecule has 0 aromatic heterocycles. The molecule has 1 aliphatic rings. The highest BCUT2D eigenvalue weighted by Crippen LogP contribution is 2.22. The van der Waals surface area contributed by atoms with Crippen LogP contribution in [0.2, 0.25) is 0 Å². The number of benzene rings is 2. The molecule has 2 amide bonds. The highest BCUT2D eigenvalue weighted by atomic mass is 16.5. The Labute approximate surface area is 165 Å². The molecule has 3 rings (SSSR count). The van der Waals surface area contributed by atoms with E-state index in [1.54, 1.807) is 24.3 Å². The Bertz CT molecular complexity index is 789. The monoisotopic (exact) mass is 382 g/mol. The van der Waals surface area contributed by atoms with Gasteiger partial charge in [-0.25, -0.2) is 0 Å². The van der Waals surface area contributed by atoms with Gasteiger partial charge in [0.2, 0.25) is 0 Å². The summed E-state index contributed by atoms with van der Waals surface area (Å²) in [6.45, 7) is 4.91. The molecule has 7 heteroatoms. The van der Waals surface area contributed by atoms with E-state index in [1.807, 2.05) is 18.2 Å². The van der Waals surface area contributed by atoms with E-state index < -0.39 is 11.8 Å². The largest absolute Gasteiger partial charge is 0.495 e. The maximum Gasteiger partial charge on any atom is 0.313 e.